The van der Waals surface area contributed by atoms with Crippen LogP contribution in [-0.2, 0) is 0 Å². The van der Waals surface area contributed by atoms with E-state index in [1.807, 2.05) is 23.9 Å². The topological polar surface area (TPSA) is 55.2 Å². The van der Waals surface area contributed by atoms with Gasteiger partial charge in [0.2, 0.25) is 0 Å². The summed E-state index contributed by atoms with van der Waals surface area (Å²) in [4.78, 5) is 11.8. The summed E-state index contributed by atoms with van der Waals surface area (Å²) in [7, 11) is 0. The number of nitrogens with one attached hydrogen (secondary N) is 1. The second kappa shape index (κ2) is 6.07. The van der Waals surface area contributed by atoms with Crippen molar-refractivity contribution in [3.8, 4) is 0 Å². The number of nitro benzene ring substituents is 1. The Kier molecular flexibility index (Phi) is 4.17. The summed E-state index contributed by atoms with van der Waals surface area (Å²) in [5, 5.41) is 14.4. The largest absolute Gasteiger partial charge is 0.377 e. The van der Waals surface area contributed by atoms with Crippen LogP contribution in [0.2, 0.25) is 0 Å². The molecule has 0 amide bonds. The van der Waals surface area contributed by atoms with Gasteiger partial charge < -0.3 is 5.32 Å². The first-order valence-electron chi connectivity index (χ1n) is 6.57. The van der Waals surface area contributed by atoms with Gasteiger partial charge in [-0.05, 0) is 40.0 Å². The van der Waals surface area contributed by atoms with Gasteiger partial charge in [0.1, 0.15) is 0 Å². The van der Waals surface area contributed by atoms with Gasteiger partial charge >= 0.3 is 0 Å². The zero-order valence-electron chi connectivity index (χ0n) is 11.1. The molecular weight excluding hydrogens is 352 g/mol. The fourth-order valence-electron chi connectivity index (χ4n) is 2.42. The van der Waals surface area contributed by atoms with Gasteiger partial charge in [-0.1, -0.05) is 18.2 Å². The van der Waals surface area contributed by atoms with Crippen molar-refractivity contribution in [2.45, 2.75) is 17.4 Å². The van der Waals surface area contributed by atoms with E-state index in [-0.39, 0.29) is 16.7 Å². The first-order chi connectivity index (χ1) is 10.1. The van der Waals surface area contributed by atoms with Crippen LogP contribution in [0, 0.1) is 10.1 Å². The summed E-state index contributed by atoms with van der Waals surface area (Å²) in [6, 6.07) is 13.3. The van der Waals surface area contributed by atoms with Gasteiger partial charge in [-0.3, -0.25) is 10.1 Å². The lowest BCUT2D eigenvalue weighted by Crippen LogP contribution is -2.16. The van der Waals surface area contributed by atoms with Crippen molar-refractivity contribution in [1.82, 2.24) is 0 Å². The Labute approximate surface area is 135 Å². The zero-order chi connectivity index (χ0) is 14.8. The molecule has 3 rings (SSSR count). The lowest BCUT2D eigenvalue weighted by molar-refractivity contribution is -0.384. The van der Waals surface area contributed by atoms with E-state index in [1.54, 1.807) is 12.1 Å². The van der Waals surface area contributed by atoms with Crippen molar-refractivity contribution in [3.63, 3.8) is 0 Å². The smallest absolute Gasteiger partial charge is 0.271 e. The highest BCUT2D eigenvalue weighted by Gasteiger charge is 2.21. The molecule has 21 heavy (non-hydrogen) atoms. The third-order valence-electron chi connectivity index (χ3n) is 3.45. The molecule has 6 heteroatoms. The Balaban J connectivity index is 1.91. The van der Waals surface area contributed by atoms with Gasteiger partial charge in [0.15, 0.2) is 0 Å². The van der Waals surface area contributed by atoms with E-state index < -0.39 is 0 Å². The minimum atomic E-state index is -0.373. The number of benzene rings is 2. The predicted molar refractivity (Wildman–Crippen MR) is 88.9 cm³/mol. The van der Waals surface area contributed by atoms with Crippen LogP contribution in [0.15, 0.2) is 51.8 Å². The molecular formula is C15H13BrN2O2S. The molecule has 0 saturated heterocycles. The lowest BCUT2D eigenvalue weighted by Gasteiger charge is -2.27. The van der Waals surface area contributed by atoms with Gasteiger partial charge in [0.05, 0.1) is 16.7 Å². The summed E-state index contributed by atoms with van der Waals surface area (Å²) in [5.74, 6) is 1.04. The molecule has 1 aliphatic heterocycles. The Bertz CT molecular complexity index is 693. The van der Waals surface area contributed by atoms with Gasteiger partial charge in [0.25, 0.3) is 5.69 Å². The first-order valence-corrected chi connectivity index (χ1v) is 8.35. The summed E-state index contributed by atoms with van der Waals surface area (Å²) in [5.41, 5.74) is 2.11. The van der Waals surface area contributed by atoms with Crippen LogP contribution < -0.4 is 5.32 Å². The van der Waals surface area contributed by atoms with Crippen LogP contribution in [0.25, 0.3) is 0 Å². The normalized spacial score (nSPS) is 17.1. The Morgan fingerprint density at radius 2 is 2.10 bits per heavy atom. The molecule has 0 fully saturated rings. The SMILES string of the molecule is O=[N+]([O-])c1ccc(Br)c(NC2CCSc3ccccc32)c1. The average Bonchev–Trinajstić information content (AvgIpc) is 2.49. The number of fused-ring (bicyclic) bond motifs is 1. The third kappa shape index (κ3) is 3.06. The number of non-ortho nitro benzene ring substituents is 1. The first kappa shape index (κ1) is 14.4. The van der Waals surface area contributed by atoms with Crippen molar-refractivity contribution in [3.05, 3.63) is 62.6 Å². The number of anilines is 1. The molecule has 0 aliphatic carbocycles. The van der Waals surface area contributed by atoms with Crippen molar-refractivity contribution in [2.24, 2.45) is 0 Å². The van der Waals surface area contributed by atoms with E-state index in [1.165, 1.54) is 16.5 Å². The number of rotatable bonds is 3. The Morgan fingerprint density at radius 1 is 1.29 bits per heavy atom. The zero-order valence-corrected chi connectivity index (χ0v) is 13.5. The molecule has 0 saturated carbocycles. The number of hydrogen-bond acceptors (Lipinski definition) is 4. The van der Waals surface area contributed by atoms with Crippen LogP contribution in [0.3, 0.4) is 0 Å². The molecule has 0 radical (unpaired) electrons. The number of nitro groups is 1. The number of hydrogen-bond donors (Lipinski definition) is 1. The van der Waals surface area contributed by atoms with Gasteiger partial charge in [-0.2, -0.15) is 0 Å². The van der Waals surface area contributed by atoms with Crippen molar-refractivity contribution >= 4 is 39.1 Å². The molecule has 1 atom stereocenters. The van der Waals surface area contributed by atoms with Crippen LogP contribution in [-0.4, -0.2) is 10.7 Å². The number of thioether (sulfide) groups is 1. The summed E-state index contributed by atoms with van der Waals surface area (Å²) < 4.78 is 0.837. The second-order valence-electron chi connectivity index (χ2n) is 4.79. The van der Waals surface area contributed by atoms with Crippen LogP contribution in [0.5, 0.6) is 0 Å². The monoisotopic (exact) mass is 364 g/mol. The summed E-state index contributed by atoms with van der Waals surface area (Å²) in [6.07, 6.45) is 0.997. The van der Waals surface area contributed by atoms with E-state index in [4.69, 9.17) is 0 Å². The van der Waals surface area contributed by atoms with Crippen LogP contribution in [0.4, 0.5) is 11.4 Å². The molecule has 0 aromatic heterocycles. The van der Waals surface area contributed by atoms with Gasteiger partial charge in [0, 0.05) is 27.3 Å². The summed E-state index contributed by atoms with van der Waals surface area (Å²) in [6.45, 7) is 0. The highest BCUT2D eigenvalue weighted by atomic mass is 79.9. The predicted octanol–water partition coefficient (Wildman–Crippen LogP) is 5.01. The van der Waals surface area contributed by atoms with E-state index >= 15 is 0 Å². The third-order valence-corrected chi connectivity index (χ3v) is 5.26. The fraction of sp³-hybridized carbons (Fsp3) is 0.200. The van der Waals surface area contributed by atoms with E-state index in [9.17, 15) is 10.1 Å². The van der Waals surface area contributed by atoms with Crippen LogP contribution in [0.1, 0.15) is 18.0 Å². The maximum Gasteiger partial charge on any atom is 0.271 e. The maximum atomic E-state index is 10.9. The quantitative estimate of drug-likeness (QED) is 0.614. The van der Waals surface area contributed by atoms with E-state index in [2.05, 4.69) is 33.4 Å². The Morgan fingerprint density at radius 3 is 2.90 bits per heavy atom. The van der Waals surface area contributed by atoms with Crippen molar-refractivity contribution < 1.29 is 4.92 Å². The molecule has 2 aromatic carbocycles. The van der Waals surface area contributed by atoms with Crippen molar-refractivity contribution in [2.75, 3.05) is 11.1 Å². The minimum Gasteiger partial charge on any atom is -0.377 e. The van der Waals surface area contributed by atoms with Crippen LogP contribution >= 0.6 is 27.7 Å². The highest BCUT2D eigenvalue weighted by molar-refractivity contribution is 9.10. The lowest BCUT2D eigenvalue weighted by atomic mass is 10.0. The molecule has 0 bridgehead atoms. The fourth-order valence-corrected chi connectivity index (χ4v) is 3.90. The maximum absolute atomic E-state index is 10.9. The average molecular weight is 365 g/mol. The molecule has 1 aliphatic rings. The highest BCUT2D eigenvalue weighted by Crippen LogP contribution is 2.39. The number of halogens is 1. The minimum absolute atomic E-state index is 0.0965. The van der Waals surface area contributed by atoms with E-state index in [0.29, 0.717) is 0 Å². The standard InChI is InChI=1S/C15H13BrN2O2S/c16-12-6-5-10(18(19)20)9-14(12)17-13-7-8-21-15-4-2-1-3-11(13)15/h1-6,9,13,17H,7-8H2. The van der Waals surface area contributed by atoms with E-state index in [0.717, 1.165) is 22.3 Å². The molecule has 1 N–H and O–H groups in total. The molecule has 2 aromatic rings. The Hall–Kier alpha value is -1.53. The van der Waals surface area contributed by atoms with Gasteiger partial charge in [-0.25, -0.2) is 0 Å². The molecule has 1 heterocycles. The molecule has 108 valence electrons. The second-order valence-corrected chi connectivity index (χ2v) is 6.78. The van der Waals surface area contributed by atoms with Gasteiger partial charge in [-0.15, -0.1) is 11.8 Å². The molecule has 4 nitrogen and oxygen atoms in total. The summed E-state index contributed by atoms with van der Waals surface area (Å²) >= 11 is 5.31. The number of nitrogens with zero attached hydrogens (tertiary/aromatic N) is 1. The molecule has 1 unspecified atom stereocenters. The van der Waals surface area contributed by atoms with Crippen molar-refractivity contribution in [1.29, 1.82) is 0 Å². The molecule has 0 spiro atoms.